The van der Waals surface area contributed by atoms with Crippen molar-refractivity contribution in [3.63, 3.8) is 0 Å². The summed E-state index contributed by atoms with van der Waals surface area (Å²) in [6, 6.07) is 10.2. The number of aliphatic imine (C=N–C) groups is 1. The van der Waals surface area contributed by atoms with Gasteiger partial charge in [0.15, 0.2) is 0 Å². The number of anilines is 1. The lowest BCUT2D eigenvalue weighted by Gasteiger charge is -2.40. The molecule has 2 aromatic rings. The third-order valence-corrected chi connectivity index (χ3v) is 6.75. The first-order valence-electron chi connectivity index (χ1n) is 8.48. The van der Waals surface area contributed by atoms with Crippen molar-refractivity contribution in [3.05, 3.63) is 44.7 Å². The molecule has 1 aliphatic carbocycles. The van der Waals surface area contributed by atoms with Crippen LogP contribution in [0.5, 0.6) is 0 Å². The van der Waals surface area contributed by atoms with Crippen LogP contribution in [0.3, 0.4) is 0 Å². The smallest absolute Gasteiger partial charge is 0.143 e. The summed E-state index contributed by atoms with van der Waals surface area (Å²) in [6.07, 6.45) is 1.32. The molecule has 1 saturated carbocycles. The summed E-state index contributed by atoms with van der Waals surface area (Å²) in [5, 5.41) is 10.2. The number of hydrogen-bond acceptors (Lipinski definition) is 5. The van der Waals surface area contributed by atoms with Crippen LogP contribution in [-0.4, -0.2) is 11.5 Å². The molecular weight excluding hydrogens is 410 g/mol. The molecule has 0 spiro atoms. The van der Waals surface area contributed by atoms with E-state index in [1.807, 2.05) is 24.3 Å². The van der Waals surface area contributed by atoms with Crippen molar-refractivity contribution in [2.24, 2.45) is 16.3 Å². The maximum atomic E-state index is 13.1. The zero-order chi connectivity index (χ0) is 18.6. The molecule has 2 atom stereocenters. The fourth-order valence-electron chi connectivity index (χ4n) is 4.15. The summed E-state index contributed by atoms with van der Waals surface area (Å²) in [7, 11) is 0. The van der Waals surface area contributed by atoms with Crippen molar-refractivity contribution >= 4 is 49.5 Å². The number of halogens is 1. The molecule has 4 rings (SSSR count). The second-order valence-corrected chi connectivity index (χ2v) is 9.68. The molecule has 6 heteroatoms. The molecule has 132 valence electrons. The van der Waals surface area contributed by atoms with Crippen LogP contribution in [0.15, 0.2) is 33.7 Å². The number of nitrogen functional groups attached to an aromatic ring is 1. The number of fused-ring (bicyclic) bond motifs is 2. The van der Waals surface area contributed by atoms with Gasteiger partial charge >= 0.3 is 0 Å². The topological polar surface area (TPSA) is 79.2 Å². The second kappa shape index (κ2) is 6.04. The van der Waals surface area contributed by atoms with Crippen LogP contribution in [-0.2, 0) is 4.79 Å². The minimum atomic E-state index is -0.292. The van der Waals surface area contributed by atoms with Gasteiger partial charge in [-0.2, -0.15) is 5.26 Å². The Balaban J connectivity index is 1.95. The largest absolute Gasteiger partial charge is 0.397 e. The van der Waals surface area contributed by atoms with E-state index in [1.165, 1.54) is 11.3 Å². The predicted octanol–water partition coefficient (Wildman–Crippen LogP) is 5.19. The van der Waals surface area contributed by atoms with E-state index in [9.17, 15) is 10.1 Å². The number of rotatable bonds is 1. The highest BCUT2D eigenvalue weighted by Crippen LogP contribution is 2.54. The van der Waals surface area contributed by atoms with E-state index in [1.54, 1.807) is 0 Å². The van der Waals surface area contributed by atoms with Crippen LogP contribution >= 0.6 is 27.3 Å². The fraction of sp³-hybridized carbons (Fsp3) is 0.350. The van der Waals surface area contributed by atoms with Crippen molar-refractivity contribution in [2.45, 2.75) is 32.6 Å². The zero-order valence-corrected chi connectivity index (χ0v) is 16.9. The number of carbonyl (C=O) groups excluding carboxylic acids is 1. The number of thiophene rings is 1. The minimum Gasteiger partial charge on any atom is -0.397 e. The molecule has 1 fully saturated rings. The Kier molecular flexibility index (Phi) is 4.05. The highest BCUT2D eigenvalue weighted by Gasteiger charge is 2.47. The van der Waals surface area contributed by atoms with Gasteiger partial charge in [-0.3, -0.25) is 4.79 Å². The Labute approximate surface area is 164 Å². The lowest BCUT2D eigenvalue weighted by molar-refractivity contribution is -0.124. The van der Waals surface area contributed by atoms with Crippen molar-refractivity contribution < 1.29 is 4.79 Å². The van der Waals surface area contributed by atoms with Crippen LogP contribution in [0.1, 0.15) is 48.6 Å². The van der Waals surface area contributed by atoms with Gasteiger partial charge in [0, 0.05) is 28.1 Å². The summed E-state index contributed by atoms with van der Waals surface area (Å²) in [4.78, 5) is 18.4. The summed E-state index contributed by atoms with van der Waals surface area (Å²) in [6.45, 7) is 4.22. The summed E-state index contributed by atoms with van der Waals surface area (Å²) < 4.78 is 0.985. The monoisotopic (exact) mass is 427 g/mol. The Morgan fingerprint density at radius 1 is 1.27 bits per heavy atom. The van der Waals surface area contributed by atoms with Gasteiger partial charge in [0.1, 0.15) is 21.7 Å². The van der Waals surface area contributed by atoms with Crippen molar-refractivity contribution in [1.29, 1.82) is 5.26 Å². The Morgan fingerprint density at radius 2 is 1.96 bits per heavy atom. The van der Waals surface area contributed by atoms with Gasteiger partial charge < -0.3 is 5.73 Å². The van der Waals surface area contributed by atoms with Gasteiger partial charge in [0.2, 0.25) is 0 Å². The Bertz CT molecular complexity index is 982. The standard InChI is InChI=1S/C20H18BrN3OS/c1-20(2)7-12-16(13(25)8-20)15(10-3-5-11(21)6-4-10)17-18(23)14(9-22)26-19(17)24-12/h3-6,15-16H,7-8,23H2,1-2H3/t15-,16?/m1/s1. The molecule has 26 heavy (non-hydrogen) atoms. The lowest BCUT2D eigenvalue weighted by atomic mass is 9.64. The molecule has 0 amide bonds. The number of hydrogen-bond donors (Lipinski definition) is 1. The number of nitrogens with zero attached hydrogens (tertiary/aromatic N) is 2. The van der Waals surface area contributed by atoms with E-state index in [4.69, 9.17) is 10.7 Å². The third kappa shape index (κ3) is 2.70. The summed E-state index contributed by atoms with van der Waals surface area (Å²) >= 11 is 4.80. The minimum absolute atomic E-state index is 0.0882. The molecule has 2 N–H and O–H groups in total. The Morgan fingerprint density at radius 3 is 2.62 bits per heavy atom. The van der Waals surface area contributed by atoms with E-state index in [-0.39, 0.29) is 23.0 Å². The molecule has 0 bridgehead atoms. The van der Waals surface area contributed by atoms with E-state index in [0.717, 1.165) is 32.7 Å². The van der Waals surface area contributed by atoms with Crippen molar-refractivity contribution in [3.8, 4) is 6.07 Å². The Hall–Kier alpha value is -1.97. The number of nitriles is 1. The van der Waals surface area contributed by atoms with E-state index >= 15 is 0 Å². The van der Waals surface area contributed by atoms with Crippen LogP contribution in [0.2, 0.25) is 0 Å². The van der Waals surface area contributed by atoms with Crippen LogP contribution < -0.4 is 5.73 Å². The van der Waals surface area contributed by atoms with Gasteiger partial charge in [0.25, 0.3) is 0 Å². The van der Waals surface area contributed by atoms with Gasteiger partial charge in [-0.15, -0.1) is 11.3 Å². The number of ketones is 1. The highest BCUT2D eigenvalue weighted by molar-refractivity contribution is 9.10. The lowest BCUT2D eigenvalue weighted by Crippen LogP contribution is -2.42. The van der Waals surface area contributed by atoms with E-state index in [2.05, 4.69) is 35.8 Å². The highest BCUT2D eigenvalue weighted by atomic mass is 79.9. The first kappa shape index (κ1) is 17.4. The van der Waals surface area contributed by atoms with E-state index in [0.29, 0.717) is 17.0 Å². The van der Waals surface area contributed by atoms with Crippen LogP contribution in [0.25, 0.3) is 0 Å². The first-order chi connectivity index (χ1) is 12.3. The molecule has 2 heterocycles. The summed E-state index contributed by atoms with van der Waals surface area (Å²) in [5.74, 6) is -0.254. The zero-order valence-electron chi connectivity index (χ0n) is 14.5. The predicted molar refractivity (Wildman–Crippen MR) is 108 cm³/mol. The number of nitrogens with two attached hydrogens (primary N) is 1. The molecule has 2 aliphatic rings. The maximum Gasteiger partial charge on any atom is 0.143 e. The van der Waals surface area contributed by atoms with Crippen LogP contribution in [0.4, 0.5) is 10.7 Å². The maximum absolute atomic E-state index is 13.1. The molecule has 1 aromatic carbocycles. The van der Waals surface area contributed by atoms with Gasteiger partial charge in [0.05, 0.1) is 11.6 Å². The quantitative estimate of drug-likeness (QED) is 0.679. The molecular formula is C20H18BrN3OS. The van der Waals surface area contributed by atoms with Gasteiger partial charge in [-0.05, 0) is 29.5 Å². The molecule has 0 saturated heterocycles. The van der Waals surface area contributed by atoms with Crippen molar-refractivity contribution in [1.82, 2.24) is 0 Å². The molecule has 0 radical (unpaired) electrons. The SMILES string of the molecule is CC1(C)CC(=O)C2C(=Nc3sc(C#N)c(N)c3[C@@H]2c2ccc(Br)cc2)C1. The number of carbonyl (C=O) groups is 1. The second-order valence-electron chi connectivity index (χ2n) is 7.77. The van der Waals surface area contributed by atoms with Crippen molar-refractivity contribution in [2.75, 3.05) is 5.73 Å². The average Bonchev–Trinajstić information content (AvgIpc) is 2.88. The molecule has 1 unspecified atom stereocenters. The number of benzene rings is 1. The van der Waals surface area contributed by atoms with Gasteiger partial charge in [-0.25, -0.2) is 4.99 Å². The molecule has 4 nitrogen and oxygen atoms in total. The summed E-state index contributed by atoms with van der Waals surface area (Å²) in [5.41, 5.74) is 9.50. The third-order valence-electron chi connectivity index (χ3n) is 5.20. The number of Topliss-reactive ketones (excluding diaryl/α,β-unsaturated/α-hetero) is 1. The normalized spacial score (nSPS) is 23.6. The first-order valence-corrected chi connectivity index (χ1v) is 10.1. The van der Waals surface area contributed by atoms with Crippen LogP contribution in [0, 0.1) is 22.7 Å². The fourth-order valence-corrected chi connectivity index (χ4v) is 5.39. The molecule has 1 aliphatic heterocycles. The average molecular weight is 428 g/mol. The van der Waals surface area contributed by atoms with E-state index < -0.39 is 0 Å². The molecule has 1 aromatic heterocycles. The van der Waals surface area contributed by atoms with Gasteiger partial charge in [-0.1, -0.05) is 41.9 Å².